The highest BCUT2D eigenvalue weighted by Crippen LogP contribution is 2.20. The van der Waals surface area contributed by atoms with Crippen molar-refractivity contribution in [2.24, 2.45) is 5.92 Å². The molecule has 96 valence electrons. The third-order valence-electron chi connectivity index (χ3n) is 2.98. The molecule has 0 amide bonds. The molecule has 2 rings (SSSR count). The summed E-state index contributed by atoms with van der Waals surface area (Å²) in [7, 11) is 0. The van der Waals surface area contributed by atoms with Crippen molar-refractivity contribution in [3.8, 4) is 11.4 Å². The molecule has 0 aliphatic carbocycles. The maximum Gasteiger partial charge on any atom is 0.139 e. The number of nitrogens with zero attached hydrogens (tertiary/aromatic N) is 2. The van der Waals surface area contributed by atoms with Gasteiger partial charge in [-0.15, -0.1) is 0 Å². The number of hydrogen-bond acceptors (Lipinski definition) is 1. The largest absolute Gasteiger partial charge is 0.331 e. The molecule has 1 aromatic heterocycles. The first-order valence-electron chi connectivity index (χ1n) is 6.44. The van der Waals surface area contributed by atoms with Gasteiger partial charge in [0.15, 0.2) is 0 Å². The first kappa shape index (κ1) is 13.6. The Morgan fingerprint density at radius 1 is 1.33 bits per heavy atom. The summed E-state index contributed by atoms with van der Waals surface area (Å²) in [5, 5.41) is 0. The summed E-state index contributed by atoms with van der Waals surface area (Å²) in [4.78, 5) is 4.48. The smallest absolute Gasteiger partial charge is 0.139 e. The Morgan fingerprint density at radius 3 is 2.89 bits per heavy atom. The lowest BCUT2D eigenvalue weighted by molar-refractivity contribution is 0.514. The first-order valence-corrected chi connectivity index (χ1v) is 7.52. The van der Waals surface area contributed by atoms with Crippen molar-refractivity contribution in [1.82, 2.24) is 9.55 Å². The molecule has 18 heavy (non-hydrogen) atoms. The average Bonchev–Trinajstić information content (AvgIpc) is 2.77. The molecular weight excluding hydrogens is 335 g/mol. The molecule has 1 heterocycles. The zero-order valence-corrected chi connectivity index (χ0v) is 13.1. The molecule has 0 fully saturated rings. The Bertz CT molecular complexity index is 503. The molecule has 0 spiro atoms. The van der Waals surface area contributed by atoms with Gasteiger partial charge in [-0.1, -0.05) is 26.0 Å². The molecule has 0 aliphatic rings. The van der Waals surface area contributed by atoms with E-state index >= 15 is 0 Å². The van der Waals surface area contributed by atoms with E-state index in [-0.39, 0.29) is 0 Å². The molecule has 3 heteroatoms. The van der Waals surface area contributed by atoms with Crippen molar-refractivity contribution in [2.45, 2.75) is 33.2 Å². The lowest BCUT2D eigenvalue weighted by Crippen LogP contribution is -2.01. The standard InChI is InChI=1S/C15H19IN2/c1-12(2)5-4-9-18-10-8-17-15(18)13-6-3-7-14(16)11-13/h3,6-8,10-12H,4-5,9H2,1-2H3. The second kappa shape index (κ2) is 6.36. The first-order chi connectivity index (χ1) is 8.66. The van der Waals surface area contributed by atoms with E-state index in [2.05, 4.69) is 76.5 Å². The molecule has 0 N–H and O–H groups in total. The Hall–Kier alpha value is -0.840. The normalized spacial score (nSPS) is 11.1. The highest BCUT2D eigenvalue weighted by Gasteiger charge is 2.06. The lowest BCUT2D eigenvalue weighted by atomic mass is 10.1. The van der Waals surface area contributed by atoms with E-state index in [1.807, 2.05) is 6.20 Å². The van der Waals surface area contributed by atoms with Crippen LogP contribution in [0.1, 0.15) is 26.7 Å². The van der Waals surface area contributed by atoms with Gasteiger partial charge in [0.25, 0.3) is 0 Å². The van der Waals surface area contributed by atoms with Crippen LogP contribution >= 0.6 is 22.6 Å². The van der Waals surface area contributed by atoms with E-state index in [0.29, 0.717) is 0 Å². The van der Waals surface area contributed by atoms with Crippen LogP contribution in [0, 0.1) is 9.49 Å². The molecule has 0 saturated carbocycles. The quantitative estimate of drug-likeness (QED) is 0.718. The molecule has 0 aliphatic heterocycles. The Balaban J connectivity index is 2.12. The number of aromatic nitrogens is 2. The van der Waals surface area contributed by atoms with Crippen LogP contribution < -0.4 is 0 Å². The van der Waals surface area contributed by atoms with E-state index in [9.17, 15) is 0 Å². The number of hydrogen-bond donors (Lipinski definition) is 0. The van der Waals surface area contributed by atoms with Crippen molar-refractivity contribution < 1.29 is 0 Å². The Labute approximate surface area is 123 Å². The van der Waals surface area contributed by atoms with Gasteiger partial charge in [-0.25, -0.2) is 4.98 Å². The van der Waals surface area contributed by atoms with Crippen molar-refractivity contribution in [2.75, 3.05) is 0 Å². The van der Waals surface area contributed by atoms with Gasteiger partial charge in [0.2, 0.25) is 0 Å². The summed E-state index contributed by atoms with van der Waals surface area (Å²) in [6.07, 6.45) is 6.45. The number of benzene rings is 1. The van der Waals surface area contributed by atoms with Gasteiger partial charge in [0.05, 0.1) is 0 Å². The number of rotatable bonds is 5. The Morgan fingerprint density at radius 2 is 2.17 bits per heavy atom. The summed E-state index contributed by atoms with van der Waals surface area (Å²) >= 11 is 2.34. The van der Waals surface area contributed by atoms with Gasteiger partial charge in [-0.05, 0) is 53.5 Å². The number of imidazole rings is 1. The van der Waals surface area contributed by atoms with Crippen LogP contribution in [-0.2, 0) is 6.54 Å². The van der Waals surface area contributed by atoms with Crippen molar-refractivity contribution >= 4 is 22.6 Å². The predicted octanol–water partition coefficient (Wildman–Crippen LogP) is 4.59. The van der Waals surface area contributed by atoms with Crippen LogP contribution in [-0.4, -0.2) is 9.55 Å². The molecule has 0 bridgehead atoms. The molecule has 0 radical (unpaired) electrons. The molecular formula is C15H19IN2. The van der Waals surface area contributed by atoms with Gasteiger partial charge < -0.3 is 4.57 Å². The maximum atomic E-state index is 4.48. The summed E-state index contributed by atoms with van der Waals surface area (Å²) in [6.45, 7) is 5.60. The van der Waals surface area contributed by atoms with Gasteiger partial charge in [0.1, 0.15) is 5.82 Å². The molecule has 2 nitrogen and oxygen atoms in total. The third kappa shape index (κ3) is 3.57. The fraction of sp³-hybridized carbons (Fsp3) is 0.400. The molecule has 0 atom stereocenters. The van der Waals surface area contributed by atoms with Crippen molar-refractivity contribution in [3.63, 3.8) is 0 Å². The summed E-state index contributed by atoms with van der Waals surface area (Å²) in [6, 6.07) is 8.51. The second-order valence-electron chi connectivity index (χ2n) is 4.99. The lowest BCUT2D eigenvalue weighted by Gasteiger charge is -2.09. The monoisotopic (exact) mass is 354 g/mol. The van der Waals surface area contributed by atoms with Gasteiger partial charge in [-0.3, -0.25) is 0 Å². The summed E-state index contributed by atoms with van der Waals surface area (Å²) < 4.78 is 3.51. The van der Waals surface area contributed by atoms with Crippen LogP contribution in [0.4, 0.5) is 0 Å². The van der Waals surface area contributed by atoms with E-state index in [4.69, 9.17) is 0 Å². The molecule has 0 unspecified atom stereocenters. The zero-order chi connectivity index (χ0) is 13.0. The minimum Gasteiger partial charge on any atom is -0.331 e. The highest BCUT2D eigenvalue weighted by molar-refractivity contribution is 14.1. The number of halogens is 1. The van der Waals surface area contributed by atoms with Crippen molar-refractivity contribution in [1.29, 1.82) is 0 Å². The number of aryl methyl sites for hydroxylation is 1. The van der Waals surface area contributed by atoms with E-state index in [1.54, 1.807) is 0 Å². The zero-order valence-electron chi connectivity index (χ0n) is 10.9. The van der Waals surface area contributed by atoms with Gasteiger partial charge in [0, 0.05) is 28.1 Å². The van der Waals surface area contributed by atoms with E-state index in [1.165, 1.54) is 22.0 Å². The van der Waals surface area contributed by atoms with Crippen molar-refractivity contribution in [3.05, 3.63) is 40.2 Å². The van der Waals surface area contributed by atoms with Crippen LogP contribution in [0.15, 0.2) is 36.7 Å². The van der Waals surface area contributed by atoms with Crippen LogP contribution in [0.3, 0.4) is 0 Å². The fourth-order valence-corrected chi connectivity index (χ4v) is 2.59. The summed E-state index contributed by atoms with van der Waals surface area (Å²) in [5.41, 5.74) is 1.21. The fourth-order valence-electron chi connectivity index (χ4n) is 2.05. The van der Waals surface area contributed by atoms with Crippen LogP contribution in [0.2, 0.25) is 0 Å². The van der Waals surface area contributed by atoms with Gasteiger partial charge >= 0.3 is 0 Å². The average molecular weight is 354 g/mol. The van der Waals surface area contributed by atoms with Crippen LogP contribution in [0.25, 0.3) is 11.4 Å². The third-order valence-corrected chi connectivity index (χ3v) is 3.65. The maximum absolute atomic E-state index is 4.48. The molecule has 1 aromatic carbocycles. The van der Waals surface area contributed by atoms with Gasteiger partial charge in [-0.2, -0.15) is 0 Å². The molecule has 0 saturated heterocycles. The van der Waals surface area contributed by atoms with E-state index in [0.717, 1.165) is 18.3 Å². The van der Waals surface area contributed by atoms with E-state index < -0.39 is 0 Å². The topological polar surface area (TPSA) is 17.8 Å². The summed E-state index contributed by atoms with van der Waals surface area (Å²) in [5.74, 6) is 1.85. The molecule has 2 aromatic rings. The Kier molecular flexibility index (Phi) is 4.80. The van der Waals surface area contributed by atoms with Crippen LogP contribution in [0.5, 0.6) is 0 Å². The predicted molar refractivity (Wildman–Crippen MR) is 84.5 cm³/mol. The SMILES string of the molecule is CC(C)CCCn1ccnc1-c1cccc(I)c1. The highest BCUT2D eigenvalue weighted by atomic mass is 127. The minimum atomic E-state index is 0.773. The second-order valence-corrected chi connectivity index (χ2v) is 6.24. The minimum absolute atomic E-state index is 0.773.